The average Bonchev–Trinajstić information content (AvgIpc) is 3.00. The number of ether oxygens (including phenoxy) is 1. The second-order valence-corrected chi connectivity index (χ2v) is 6.63. The molecular formula is C12H20N5O6P. The fourth-order valence-corrected chi connectivity index (χ4v) is 3.17. The van der Waals surface area contributed by atoms with Crippen molar-refractivity contribution in [3.63, 3.8) is 0 Å². The lowest BCUT2D eigenvalue weighted by Crippen LogP contribution is -2.11. The Kier molecular flexibility index (Phi) is 7.03. The van der Waals surface area contributed by atoms with Crippen molar-refractivity contribution < 1.29 is 28.6 Å². The van der Waals surface area contributed by atoms with E-state index in [0.29, 0.717) is 23.5 Å². The second kappa shape index (κ2) is 9.02. The van der Waals surface area contributed by atoms with Gasteiger partial charge in [0.15, 0.2) is 11.5 Å². The molecule has 24 heavy (non-hydrogen) atoms. The molecule has 0 atom stereocenters. The van der Waals surface area contributed by atoms with Gasteiger partial charge in [0.1, 0.15) is 18.2 Å². The molecule has 0 aliphatic rings. The van der Waals surface area contributed by atoms with Crippen molar-refractivity contribution in [1.82, 2.24) is 19.5 Å². The van der Waals surface area contributed by atoms with Gasteiger partial charge in [-0.05, 0) is 0 Å². The summed E-state index contributed by atoms with van der Waals surface area (Å²) >= 11 is 0. The molecule has 2 aromatic rings. The summed E-state index contributed by atoms with van der Waals surface area (Å²) in [6, 6.07) is 0. The summed E-state index contributed by atoms with van der Waals surface area (Å²) in [7, 11) is -3.53. The highest BCUT2D eigenvalue weighted by atomic mass is 31.2. The van der Waals surface area contributed by atoms with Gasteiger partial charge in [0, 0.05) is 6.54 Å². The summed E-state index contributed by atoms with van der Waals surface area (Å²) in [6.45, 7) is -0.288. The van der Waals surface area contributed by atoms with Crippen LogP contribution in [0.5, 0.6) is 0 Å². The van der Waals surface area contributed by atoms with Gasteiger partial charge in [0.05, 0.1) is 39.4 Å². The van der Waals surface area contributed by atoms with E-state index in [4.69, 9.17) is 29.7 Å². The van der Waals surface area contributed by atoms with Crippen molar-refractivity contribution in [3.8, 4) is 0 Å². The molecule has 2 aromatic heterocycles. The summed E-state index contributed by atoms with van der Waals surface area (Å²) in [5.41, 5.74) is 6.78. The van der Waals surface area contributed by atoms with Crippen LogP contribution in [0.2, 0.25) is 0 Å². The van der Waals surface area contributed by atoms with Crippen molar-refractivity contribution in [2.45, 2.75) is 6.54 Å². The minimum atomic E-state index is -3.53. The fraction of sp³-hybridized carbons (Fsp3) is 0.583. The van der Waals surface area contributed by atoms with Gasteiger partial charge < -0.3 is 34.3 Å². The Morgan fingerprint density at radius 3 is 2.50 bits per heavy atom. The largest absolute Gasteiger partial charge is 0.394 e. The highest BCUT2D eigenvalue weighted by Crippen LogP contribution is 2.47. The van der Waals surface area contributed by atoms with Crippen molar-refractivity contribution in [2.75, 3.05) is 45.1 Å². The van der Waals surface area contributed by atoms with Crippen molar-refractivity contribution in [3.05, 3.63) is 12.7 Å². The molecule has 0 aromatic carbocycles. The fourth-order valence-electron chi connectivity index (χ4n) is 1.87. The van der Waals surface area contributed by atoms with Gasteiger partial charge in [0.25, 0.3) is 0 Å². The molecule has 0 unspecified atom stereocenters. The Balaban J connectivity index is 1.87. The van der Waals surface area contributed by atoms with E-state index < -0.39 is 7.60 Å². The molecule has 0 amide bonds. The number of imidazole rings is 1. The van der Waals surface area contributed by atoms with E-state index in [1.807, 2.05) is 0 Å². The molecular weight excluding hydrogens is 341 g/mol. The maximum atomic E-state index is 12.3. The summed E-state index contributed by atoms with van der Waals surface area (Å²) in [5, 5.41) is 17.5. The normalized spacial score (nSPS) is 12.1. The molecule has 12 heteroatoms. The smallest absolute Gasteiger partial charge is 0.356 e. The number of fused-ring (bicyclic) bond motifs is 1. The summed E-state index contributed by atoms with van der Waals surface area (Å²) in [5.74, 6) is 0.291. The first-order valence-corrected chi connectivity index (χ1v) is 8.91. The lowest BCUT2D eigenvalue weighted by molar-refractivity contribution is 0.102. The topological polar surface area (TPSA) is 155 Å². The zero-order chi connectivity index (χ0) is 17.4. The van der Waals surface area contributed by atoms with Crippen LogP contribution in [0.1, 0.15) is 0 Å². The standard InChI is InChI=1S/C12H20N5O6P/c13-11-10-12(15-7-14-11)17(8-16-10)1-4-21-9-24(20,22-5-2-18)23-6-3-19/h7-8,18-19H,1-6,9H2,(H2,13,14,15). The predicted molar refractivity (Wildman–Crippen MR) is 84.2 cm³/mol. The van der Waals surface area contributed by atoms with E-state index in [2.05, 4.69) is 15.0 Å². The molecule has 0 aliphatic carbocycles. The van der Waals surface area contributed by atoms with Crippen LogP contribution in [0.3, 0.4) is 0 Å². The lowest BCUT2D eigenvalue weighted by atomic mass is 10.5. The first-order chi connectivity index (χ1) is 11.6. The molecule has 0 saturated heterocycles. The molecule has 134 valence electrons. The number of hydrogen-bond acceptors (Lipinski definition) is 10. The molecule has 0 radical (unpaired) electrons. The number of nitrogen functional groups attached to an aromatic ring is 1. The van der Waals surface area contributed by atoms with Crippen LogP contribution in [0.25, 0.3) is 11.2 Å². The molecule has 0 spiro atoms. The maximum Gasteiger partial charge on any atom is 0.356 e. The zero-order valence-corrected chi connectivity index (χ0v) is 13.8. The van der Waals surface area contributed by atoms with Crippen molar-refractivity contribution in [2.24, 2.45) is 0 Å². The van der Waals surface area contributed by atoms with Gasteiger partial charge in [-0.1, -0.05) is 0 Å². The molecule has 0 saturated carbocycles. The average molecular weight is 361 g/mol. The van der Waals surface area contributed by atoms with E-state index in [1.54, 1.807) is 10.9 Å². The Bertz CT molecular complexity index is 684. The monoisotopic (exact) mass is 361 g/mol. The minimum Gasteiger partial charge on any atom is -0.394 e. The molecule has 0 fully saturated rings. The number of nitrogens with two attached hydrogens (primary N) is 1. The molecule has 4 N–H and O–H groups in total. The first kappa shape index (κ1) is 18.7. The SMILES string of the molecule is Nc1ncnc2c1ncn2CCOCP(=O)(OCCO)OCCO. The number of rotatable bonds is 11. The number of anilines is 1. The predicted octanol–water partition coefficient (Wildman–Crippen LogP) is -0.407. The maximum absolute atomic E-state index is 12.3. The number of nitrogens with zero attached hydrogens (tertiary/aromatic N) is 4. The van der Waals surface area contributed by atoms with Crippen LogP contribution >= 0.6 is 7.60 Å². The Morgan fingerprint density at radius 1 is 1.12 bits per heavy atom. The highest BCUT2D eigenvalue weighted by molar-refractivity contribution is 7.53. The van der Waals surface area contributed by atoms with Gasteiger partial charge >= 0.3 is 7.60 Å². The number of aromatic nitrogens is 4. The quantitative estimate of drug-likeness (QED) is 0.355. The van der Waals surface area contributed by atoms with Gasteiger partial charge in [0.2, 0.25) is 0 Å². The second-order valence-electron chi connectivity index (χ2n) is 4.63. The summed E-state index contributed by atoms with van der Waals surface area (Å²) in [4.78, 5) is 12.1. The lowest BCUT2D eigenvalue weighted by Gasteiger charge is -2.17. The molecule has 2 heterocycles. The van der Waals surface area contributed by atoms with E-state index >= 15 is 0 Å². The Morgan fingerprint density at radius 2 is 1.83 bits per heavy atom. The van der Waals surface area contributed by atoms with E-state index in [9.17, 15) is 4.57 Å². The van der Waals surface area contributed by atoms with Crippen LogP contribution in [0.4, 0.5) is 5.82 Å². The van der Waals surface area contributed by atoms with E-state index in [0.717, 1.165) is 0 Å². The number of aliphatic hydroxyl groups is 2. The Labute approximate surface area is 137 Å². The van der Waals surface area contributed by atoms with Crippen LogP contribution in [-0.4, -0.2) is 69.1 Å². The van der Waals surface area contributed by atoms with Crippen LogP contribution in [0.15, 0.2) is 12.7 Å². The first-order valence-electron chi connectivity index (χ1n) is 7.18. The van der Waals surface area contributed by atoms with Crippen LogP contribution < -0.4 is 5.73 Å². The minimum absolute atomic E-state index is 0.144. The molecule has 0 aliphatic heterocycles. The van der Waals surface area contributed by atoms with Crippen LogP contribution in [0, 0.1) is 0 Å². The van der Waals surface area contributed by atoms with Gasteiger partial charge in [-0.2, -0.15) is 0 Å². The molecule has 11 nitrogen and oxygen atoms in total. The van der Waals surface area contributed by atoms with Gasteiger partial charge in [-0.25, -0.2) is 15.0 Å². The summed E-state index contributed by atoms with van der Waals surface area (Å²) in [6.07, 6.45) is 2.61. The molecule has 2 rings (SSSR count). The third-order valence-electron chi connectivity index (χ3n) is 2.91. The molecule has 0 bridgehead atoms. The third-order valence-corrected chi connectivity index (χ3v) is 4.56. The zero-order valence-electron chi connectivity index (χ0n) is 12.9. The van der Waals surface area contributed by atoms with Gasteiger partial charge in [-0.3, -0.25) is 4.57 Å². The number of aliphatic hydroxyl groups excluding tert-OH is 2. The van der Waals surface area contributed by atoms with Crippen LogP contribution in [-0.2, 0) is 24.9 Å². The van der Waals surface area contributed by atoms with E-state index in [1.165, 1.54) is 6.33 Å². The van der Waals surface area contributed by atoms with Crippen molar-refractivity contribution >= 4 is 24.6 Å². The third kappa shape index (κ3) is 4.94. The van der Waals surface area contributed by atoms with Gasteiger partial charge in [-0.15, -0.1) is 0 Å². The summed E-state index contributed by atoms with van der Waals surface area (Å²) < 4.78 is 29.4. The Hall–Kier alpha value is -1.62. The highest BCUT2D eigenvalue weighted by Gasteiger charge is 2.24. The van der Waals surface area contributed by atoms with E-state index in [-0.39, 0.29) is 39.4 Å². The number of hydrogen-bond donors (Lipinski definition) is 3. The van der Waals surface area contributed by atoms with Crippen molar-refractivity contribution in [1.29, 1.82) is 0 Å².